The van der Waals surface area contributed by atoms with E-state index in [1.54, 1.807) is 0 Å². The largest absolute Gasteiger partial charge is 0.367 e. The summed E-state index contributed by atoms with van der Waals surface area (Å²) < 4.78 is 0. The number of amides is 1. The van der Waals surface area contributed by atoms with Crippen LogP contribution < -0.4 is 10.2 Å². The van der Waals surface area contributed by atoms with E-state index in [-0.39, 0.29) is 11.3 Å². The van der Waals surface area contributed by atoms with Gasteiger partial charge in [-0.25, -0.2) is 0 Å². The summed E-state index contributed by atoms with van der Waals surface area (Å²) >= 11 is 0. The van der Waals surface area contributed by atoms with Crippen molar-refractivity contribution < 1.29 is 4.79 Å². The normalized spacial score (nSPS) is 14.1. The summed E-state index contributed by atoms with van der Waals surface area (Å²) in [5.74, 6) is 0.0864. The van der Waals surface area contributed by atoms with Gasteiger partial charge in [0.1, 0.15) is 0 Å². The lowest BCUT2D eigenvalue weighted by atomic mass is 9.92. The van der Waals surface area contributed by atoms with Gasteiger partial charge in [0.2, 0.25) is 5.91 Å². The molecule has 0 saturated heterocycles. The zero-order valence-electron chi connectivity index (χ0n) is 16.6. The molecular weight excluding hydrogens is 320 g/mol. The van der Waals surface area contributed by atoms with Crippen molar-refractivity contribution in [3.05, 3.63) is 58.7 Å². The summed E-state index contributed by atoms with van der Waals surface area (Å²) in [6.07, 6.45) is 1.61. The Kier molecular flexibility index (Phi) is 5.08. The Balaban J connectivity index is 1.79. The lowest BCUT2D eigenvalue weighted by Crippen LogP contribution is -2.30. The third-order valence-corrected chi connectivity index (χ3v) is 4.97. The zero-order chi connectivity index (χ0) is 18.9. The van der Waals surface area contributed by atoms with Crippen LogP contribution in [0.1, 0.15) is 49.4 Å². The molecule has 3 heteroatoms. The molecule has 1 heterocycles. The van der Waals surface area contributed by atoms with Crippen molar-refractivity contribution >= 4 is 17.3 Å². The number of hydrogen-bond acceptors (Lipinski definition) is 2. The first-order valence-electron chi connectivity index (χ1n) is 9.46. The smallest absolute Gasteiger partial charge is 0.224 e. The van der Waals surface area contributed by atoms with Crippen LogP contribution in [0.15, 0.2) is 36.4 Å². The number of nitrogens with zero attached hydrogens (tertiary/aromatic N) is 1. The summed E-state index contributed by atoms with van der Waals surface area (Å²) in [4.78, 5) is 14.8. The number of carbonyl (C=O) groups is 1. The van der Waals surface area contributed by atoms with E-state index in [4.69, 9.17) is 0 Å². The van der Waals surface area contributed by atoms with Gasteiger partial charge in [-0.15, -0.1) is 0 Å². The van der Waals surface area contributed by atoms with Gasteiger partial charge in [-0.2, -0.15) is 0 Å². The molecule has 0 unspecified atom stereocenters. The predicted octanol–water partition coefficient (Wildman–Crippen LogP) is 5.24. The lowest BCUT2D eigenvalue weighted by Gasteiger charge is -2.31. The van der Waals surface area contributed by atoms with Crippen molar-refractivity contribution in [1.82, 2.24) is 0 Å². The molecule has 2 aromatic carbocycles. The van der Waals surface area contributed by atoms with E-state index in [0.29, 0.717) is 6.42 Å². The maximum absolute atomic E-state index is 12.3. The van der Waals surface area contributed by atoms with Crippen molar-refractivity contribution in [2.24, 2.45) is 5.41 Å². The summed E-state index contributed by atoms with van der Waals surface area (Å²) in [6, 6.07) is 13.1. The van der Waals surface area contributed by atoms with Crippen LogP contribution in [0.5, 0.6) is 0 Å². The van der Waals surface area contributed by atoms with Crippen molar-refractivity contribution in [2.45, 2.75) is 54.0 Å². The van der Waals surface area contributed by atoms with Crippen LogP contribution in [-0.2, 0) is 17.8 Å². The molecule has 3 rings (SSSR count). The molecule has 138 valence electrons. The second-order valence-corrected chi connectivity index (χ2v) is 8.68. The molecule has 0 bridgehead atoms. The molecule has 26 heavy (non-hydrogen) atoms. The quantitative estimate of drug-likeness (QED) is 0.821. The fourth-order valence-electron chi connectivity index (χ4n) is 3.70. The third-order valence-electron chi connectivity index (χ3n) is 4.97. The Morgan fingerprint density at radius 3 is 2.31 bits per heavy atom. The minimum Gasteiger partial charge on any atom is -0.367 e. The molecule has 0 fully saturated rings. The standard InChI is InChI=1S/C23H30N2O/c1-16-12-20(25-11-10-18-8-6-7-9-19(18)15-25)13-17(2)22(16)24-21(26)14-23(3,4)5/h6-9,12-13H,10-11,14-15H2,1-5H3,(H,24,26). The highest BCUT2D eigenvalue weighted by atomic mass is 16.1. The molecule has 0 saturated carbocycles. The molecule has 0 aromatic heterocycles. The average molecular weight is 351 g/mol. The van der Waals surface area contributed by atoms with Crippen LogP contribution in [0.3, 0.4) is 0 Å². The Morgan fingerprint density at radius 1 is 1.08 bits per heavy atom. The van der Waals surface area contributed by atoms with Crippen LogP contribution in [0, 0.1) is 19.3 Å². The van der Waals surface area contributed by atoms with Gasteiger partial charge in [-0.05, 0) is 60.1 Å². The number of benzene rings is 2. The van der Waals surface area contributed by atoms with Gasteiger partial charge < -0.3 is 10.2 Å². The van der Waals surface area contributed by atoms with E-state index in [1.165, 1.54) is 16.8 Å². The number of rotatable bonds is 3. The Hall–Kier alpha value is -2.29. The third kappa shape index (κ3) is 4.27. The zero-order valence-corrected chi connectivity index (χ0v) is 16.6. The number of nitrogens with one attached hydrogen (secondary N) is 1. The van der Waals surface area contributed by atoms with Gasteiger partial charge in [0, 0.05) is 30.9 Å². The highest BCUT2D eigenvalue weighted by Gasteiger charge is 2.20. The van der Waals surface area contributed by atoms with E-state index in [0.717, 1.165) is 36.3 Å². The van der Waals surface area contributed by atoms with Crippen molar-refractivity contribution in [3.63, 3.8) is 0 Å². The summed E-state index contributed by atoms with van der Waals surface area (Å²) in [5, 5.41) is 3.12. The van der Waals surface area contributed by atoms with Crippen LogP contribution in [-0.4, -0.2) is 12.5 Å². The van der Waals surface area contributed by atoms with Gasteiger partial charge in [0.25, 0.3) is 0 Å². The molecule has 0 atom stereocenters. The van der Waals surface area contributed by atoms with Crippen LogP contribution in [0.25, 0.3) is 0 Å². The first-order valence-corrected chi connectivity index (χ1v) is 9.46. The molecule has 3 nitrogen and oxygen atoms in total. The molecule has 1 aliphatic rings. The Labute approximate surface area is 157 Å². The topological polar surface area (TPSA) is 32.3 Å². The van der Waals surface area contributed by atoms with Crippen LogP contribution >= 0.6 is 0 Å². The van der Waals surface area contributed by atoms with Gasteiger partial charge in [-0.3, -0.25) is 4.79 Å². The second kappa shape index (κ2) is 7.14. The van der Waals surface area contributed by atoms with E-state index in [1.807, 2.05) is 0 Å². The predicted molar refractivity (Wildman–Crippen MR) is 110 cm³/mol. The Morgan fingerprint density at radius 2 is 1.69 bits per heavy atom. The average Bonchev–Trinajstić information content (AvgIpc) is 2.56. The van der Waals surface area contributed by atoms with Crippen molar-refractivity contribution in [3.8, 4) is 0 Å². The molecular formula is C23H30N2O. The molecule has 0 radical (unpaired) electrons. The monoisotopic (exact) mass is 350 g/mol. The first kappa shape index (κ1) is 18.5. The summed E-state index contributed by atoms with van der Waals surface area (Å²) in [6.45, 7) is 12.4. The number of fused-ring (bicyclic) bond motifs is 1. The van der Waals surface area contributed by atoms with E-state index in [9.17, 15) is 4.79 Å². The lowest BCUT2D eigenvalue weighted by molar-refractivity contribution is -0.117. The maximum Gasteiger partial charge on any atom is 0.224 e. The molecule has 1 aliphatic heterocycles. The van der Waals surface area contributed by atoms with Crippen LogP contribution in [0.2, 0.25) is 0 Å². The number of carbonyl (C=O) groups excluding carboxylic acids is 1. The SMILES string of the molecule is Cc1cc(N2CCc3ccccc3C2)cc(C)c1NC(=O)CC(C)(C)C. The van der Waals surface area contributed by atoms with E-state index < -0.39 is 0 Å². The molecule has 1 amide bonds. The van der Waals surface area contributed by atoms with Gasteiger partial charge >= 0.3 is 0 Å². The summed E-state index contributed by atoms with van der Waals surface area (Å²) in [7, 11) is 0. The van der Waals surface area contributed by atoms with Gasteiger partial charge in [0.15, 0.2) is 0 Å². The minimum absolute atomic E-state index is 0.00692. The van der Waals surface area contributed by atoms with Crippen molar-refractivity contribution in [1.29, 1.82) is 0 Å². The maximum atomic E-state index is 12.3. The fraction of sp³-hybridized carbons (Fsp3) is 0.435. The molecule has 0 aliphatic carbocycles. The van der Waals surface area contributed by atoms with Gasteiger partial charge in [-0.1, -0.05) is 45.0 Å². The van der Waals surface area contributed by atoms with E-state index in [2.05, 4.69) is 81.2 Å². The highest BCUT2D eigenvalue weighted by Crippen LogP contribution is 2.31. The fourth-order valence-corrected chi connectivity index (χ4v) is 3.70. The van der Waals surface area contributed by atoms with Crippen LogP contribution in [0.4, 0.5) is 11.4 Å². The number of aryl methyl sites for hydroxylation is 2. The highest BCUT2D eigenvalue weighted by molar-refractivity contribution is 5.93. The molecule has 2 aromatic rings. The minimum atomic E-state index is -0.00692. The van der Waals surface area contributed by atoms with Crippen molar-refractivity contribution in [2.75, 3.05) is 16.8 Å². The molecule has 1 N–H and O–H groups in total. The number of anilines is 2. The Bertz CT molecular complexity index is 794. The molecule has 0 spiro atoms. The second-order valence-electron chi connectivity index (χ2n) is 8.68. The van der Waals surface area contributed by atoms with E-state index >= 15 is 0 Å². The number of hydrogen-bond donors (Lipinski definition) is 1. The van der Waals surface area contributed by atoms with Gasteiger partial charge in [0.05, 0.1) is 0 Å². The summed E-state index contributed by atoms with van der Waals surface area (Å²) in [5.41, 5.74) is 7.32. The first-order chi connectivity index (χ1) is 12.2.